The Labute approximate surface area is 150 Å². The van der Waals surface area contributed by atoms with Gasteiger partial charge in [-0.2, -0.15) is 0 Å². The lowest BCUT2D eigenvalue weighted by molar-refractivity contribution is 0.0587. The molecule has 3 rings (SSSR count). The molecule has 0 aliphatic carbocycles. The van der Waals surface area contributed by atoms with E-state index in [9.17, 15) is 9.18 Å². The van der Waals surface area contributed by atoms with Crippen molar-refractivity contribution in [3.05, 3.63) is 48.3 Å². The molecule has 0 aliphatic rings. The predicted molar refractivity (Wildman–Crippen MR) is 93.7 cm³/mol. The van der Waals surface area contributed by atoms with Gasteiger partial charge >= 0.3 is 5.97 Å². The van der Waals surface area contributed by atoms with Gasteiger partial charge < -0.3 is 15.8 Å². The number of methoxy groups -OCH3 is 1. The van der Waals surface area contributed by atoms with Gasteiger partial charge in [-0.05, 0) is 18.2 Å². The SMILES string of the molecule is COC(=O)c1nccc(Sc2cnc(Nc3ccc(N)cn3)s2)c1F. The molecule has 0 aromatic carbocycles. The monoisotopic (exact) mass is 377 g/mol. The highest BCUT2D eigenvalue weighted by molar-refractivity contribution is 8.01. The number of pyridine rings is 2. The van der Waals surface area contributed by atoms with E-state index in [0.29, 0.717) is 16.6 Å². The quantitative estimate of drug-likeness (QED) is 0.653. The van der Waals surface area contributed by atoms with Crippen LogP contribution >= 0.6 is 23.1 Å². The molecule has 128 valence electrons. The fraction of sp³-hybridized carbons (Fsp3) is 0.0667. The predicted octanol–water partition coefficient (Wildman–Crippen LogP) is 3.34. The lowest BCUT2D eigenvalue weighted by Gasteiger charge is -2.04. The molecule has 0 aliphatic heterocycles. The second-order valence-corrected chi connectivity index (χ2v) is 7.02. The first kappa shape index (κ1) is 17.1. The topological polar surface area (TPSA) is 103 Å². The number of hydrogen-bond acceptors (Lipinski definition) is 9. The first-order valence-corrected chi connectivity index (χ1v) is 8.55. The number of rotatable bonds is 5. The summed E-state index contributed by atoms with van der Waals surface area (Å²) in [4.78, 5) is 23.8. The van der Waals surface area contributed by atoms with Crippen LogP contribution in [-0.4, -0.2) is 28.0 Å². The Kier molecular flexibility index (Phi) is 5.10. The van der Waals surface area contributed by atoms with Crippen LogP contribution in [0.4, 0.5) is 21.0 Å². The molecule has 0 atom stereocenters. The Morgan fingerprint density at radius 2 is 2.12 bits per heavy atom. The smallest absolute Gasteiger partial charge is 0.359 e. The maximum Gasteiger partial charge on any atom is 0.359 e. The normalized spacial score (nSPS) is 10.5. The molecular formula is C15H12FN5O2S2. The van der Waals surface area contributed by atoms with E-state index in [-0.39, 0.29) is 10.6 Å². The van der Waals surface area contributed by atoms with Crippen molar-refractivity contribution in [2.24, 2.45) is 0 Å². The molecule has 0 unspecified atom stereocenters. The van der Waals surface area contributed by atoms with Crippen LogP contribution in [0.1, 0.15) is 10.5 Å². The average Bonchev–Trinajstić information content (AvgIpc) is 3.05. The molecule has 25 heavy (non-hydrogen) atoms. The summed E-state index contributed by atoms with van der Waals surface area (Å²) in [6.45, 7) is 0. The third-order valence-electron chi connectivity index (χ3n) is 2.95. The van der Waals surface area contributed by atoms with Gasteiger partial charge in [0, 0.05) is 6.20 Å². The van der Waals surface area contributed by atoms with Crippen molar-refractivity contribution < 1.29 is 13.9 Å². The molecule has 0 radical (unpaired) electrons. The highest BCUT2D eigenvalue weighted by Gasteiger charge is 2.18. The van der Waals surface area contributed by atoms with Gasteiger partial charge in [0.1, 0.15) is 5.82 Å². The van der Waals surface area contributed by atoms with E-state index in [2.05, 4.69) is 25.0 Å². The third-order valence-corrected chi connectivity index (χ3v) is 5.00. The van der Waals surface area contributed by atoms with Crippen LogP contribution in [0.5, 0.6) is 0 Å². The van der Waals surface area contributed by atoms with Gasteiger partial charge in [0.2, 0.25) is 0 Å². The number of carbonyl (C=O) groups excluding carboxylic acids is 1. The van der Waals surface area contributed by atoms with Gasteiger partial charge in [-0.3, -0.25) is 0 Å². The molecule has 7 nitrogen and oxygen atoms in total. The van der Waals surface area contributed by atoms with Crippen molar-refractivity contribution in [1.29, 1.82) is 0 Å². The van der Waals surface area contributed by atoms with Gasteiger partial charge in [0.25, 0.3) is 0 Å². The number of carbonyl (C=O) groups is 1. The molecule has 3 N–H and O–H groups in total. The number of halogens is 1. The number of nitrogens with zero attached hydrogens (tertiary/aromatic N) is 3. The lowest BCUT2D eigenvalue weighted by Crippen LogP contribution is -2.07. The van der Waals surface area contributed by atoms with Crippen LogP contribution in [-0.2, 0) is 4.74 Å². The standard InChI is InChI=1S/C15H12FN5O2S2/c1-23-14(22)13-12(16)9(4-5-18-13)24-11-7-20-15(25-11)21-10-3-2-8(17)6-19-10/h2-7H,17H2,1H3,(H,19,20,21). The first-order valence-electron chi connectivity index (χ1n) is 6.92. The van der Waals surface area contributed by atoms with Crippen LogP contribution in [0.25, 0.3) is 0 Å². The van der Waals surface area contributed by atoms with Crippen LogP contribution in [0, 0.1) is 5.82 Å². The number of nitrogens with one attached hydrogen (secondary N) is 1. The van der Waals surface area contributed by atoms with E-state index < -0.39 is 11.8 Å². The van der Waals surface area contributed by atoms with Crippen LogP contribution in [0.15, 0.2) is 45.9 Å². The van der Waals surface area contributed by atoms with Crippen LogP contribution in [0.3, 0.4) is 0 Å². The van der Waals surface area contributed by atoms with E-state index in [1.54, 1.807) is 18.3 Å². The van der Waals surface area contributed by atoms with Gasteiger partial charge in [0.05, 0.1) is 34.3 Å². The summed E-state index contributed by atoms with van der Waals surface area (Å²) in [7, 11) is 1.18. The van der Waals surface area contributed by atoms with Crippen molar-refractivity contribution in [3.63, 3.8) is 0 Å². The minimum absolute atomic E-state index is 0.260. The Hall–Kier alpha value is -2.72. The van der Waals surface area contributed by atoms with E-state index in [1.807, 2.05) is 0 Å². The molecule has 0 fully saturated rings. The summed E-state index contributed by atoms with van der Waals surface area (Å²) in [5.41, 5.74) is 5.81. The van der Waals surface area contributed by atoms with Crippen LogP contribution < -0.4 is 11.1 Å². The fourth-order valence-corrected chi connectivity index (χ4v) is 3.67. The average molecular weight is 377 g/mol. The molecule has 0 saturated carbocycles. The summed E-state index contributed by atoms with van der Waals surface area (Å²) in [5.74, 6) is -0.938. The molecule has 0 amide bonds. The zero-order valence-electron chi connectivity index (χ0n) is 12.9. The van der Waals surface area contributed by atoms with Gasteiger partial charge in [-0.15, -0.1) is 0 Å². The maximum atomic E-state index is 14.3. The Balaban J connectivity index is 1.75. The zero-order chi connectivity index (χ0) is 17.8. The fourth-order valence-electron chi connectivity index (χ4n) is 1.81. The summed E-state index contributed by atoms with van der Waals surface area (Å²) in [6, 6.07) is 4.94. The van der Waals surface area contributed by atoms with E-state index in [1.165, 1.54) is 36.9 Å². The molecular weight excluding hydrogens is 365 g/mol. The Morgan fingerprint density at radius 3 is 2.84 bits per heavy atom. The van der Waals surface area contributed by atoms with Crippen molar-refractivity contribution in [3.8, 4) is 0 Å². The van der Waals surface area contributed by atoms with E-state index >= 15 is 0 Å². The number of ether oxygens (including phenoxy) is 1. The summed E-state index contributed by atoms with van der Waals surface area (Å²) in [6.07, 6.45) is 4.50. The molecule has 0 saturated heterocycles. The van der Waals surface area contributed by atoms with Crippen LogP contribution in [0.2, 0.25) is 0 Å². The zero-order valence-corrected chi connectivity index (χ0v) is 14.5. The van der Waals surface area contributed by atoms with Crippen molar-refractivity contribution in [2.75, 3.05) is 18.2 Å². The van der Waals surface area contributed by atoms with Gasteiger partial charge in [-0.25, -0.2) is 24.1 Å². The van der Waals surface area contributed by atoms with Crippen molar-refractivity contribution >= 4 is 45.7 Å². The summed E-state index contributed by atoms with van der Waals surface area (Å²) in [5, 5.41) is 3.64. The summed E-state index contributed by atoms with van der Waals surface area (Å²) < 4.78 is 19.6. The Morgan fingerprint density at radius 1 is 1.28 bits per heavy atom. The minimum atomic E-state index is -0.818. The number of nitrogens with two attached hydrogens (primary N) is 1. The molecule has 0 bridgehead atoms. The van der Waals surface area contributed by atoms with Crippen molar-refractivity contribution in [1.82, 2.24) is 15.0 Å². The van der Waals surface area contributed by atoms with Crippen molar-refractivity contribution in [2.45, 2.75) is 9.10 Å². The highest BCUT2D eigenvalue weighted by atomic mass is 32.2. The van der Waals surface area contributed by atoms with Gasteiger partial charge in [0.15, 0.2) is 16.6 Å². The maximum absolute atomic E-state index is 14.3. The molecule has 3 aromatic rings. The lowest BCUT2D eigenvalue weighted by atomic mass is 10.3. The molecule has 3 heterocycles. The number of aromatic nitrogens is 3. The molecule has 3 aromatic heterocycles. The van der Waals surface area contributed by atoms with E-state index in [0.717, 1.165) is 16.0 Å². The second kappa shape index (κ2) is 7.45. The summed E-state index contributed by atoms with van der Waals surface area (Å²) >= 11 is 2.46. The number of anilines is 3. The number of esters is 1. The number of hydrogen-bond donors (Lipinski definition) is 2. The highest BCUT2D eigenvalue weighted by Crippen LogP contribution is 2.36. The number of thiazole rings is 1. The third kappa shape index (κ3) is 4.03. The minimum Gasteiger partial charge on any atom is -0.464 e. The molecule has 10 heteroatoms. The number of nitrogen functional groups attached to an aromatic ring is 1. The van der Waals surface area contributed by atoms with E-state index in [4.69, 9.17) is 5.73 Å². The second-order valence-electron chi connectivity index (χ2n) is 4.65. The first-order chi connectivity index (χ1) is 12.1. The largest absolute Gasteiger partial charge is 0.464 e. The van der Waals surface area contributed by atoms with Gasteiger partial charge in [-0.1, -0.05) is 23.1 Å². The Bertz CT molecular complexity index is 901. The molecule has 0 spiro atoms.